The Morgan fingerprint density at radius 3 is 2.58 bits per heavy atom. The molecule has 0 atom stereocenters. The third-order valence-electron chi connectivity index (χ3n) is 3.58. The molecule has 1 aromatic carbocycles. The highest BCUT2D eigenvalue weighted by atomic mass is 79.9. The predicted octanol–water partition coefficient (Wildman–Crippen LogP) is 5.16. The summed E-state index contributed by atoms with van der Waals surface area (Å²) in [6.07, 6.45) is -1.50. The van der Waals surface area contributed by atoms with Crippen molar-refractivity contribution in [3.63, 3.8) is 0 Å². The summed E-state index contributed by atoms with van der Waals surface area (Å²) in [5, 5.41) is 0.199. The fourth-order valence-electron chi connectivity index (χ4n) is 2.43. The summed E-state index contributed by atoms with van der Waals surface area (Å²) in [6.45, 7) is 1.28. The van der Waals surface area contributed by atoms with Gasteiger partial charge in [-0.15, -0.1) is 0 Å². The minimum atomic E-state index is -2.91. The molecule has 3 nitrogen and oxygen atoms in total. The van der Waals surface area contributed by atoms with Gasteiger partial charge in [-0.3, -0.25) is 9.20 Å². The van der Waals surface area contributed by atoms with Crippen LogP contribution < -0.4 is 5.56 Å². The second kappa shape index (κ2) is 6.22. The molecule has 3 rings (SSSR count). The van der Waals surface area contributed by atoms with Gasteiger partial charge in [0.15, 0.2) is 0 Å². The highest BCUT2D eigenvalue weighted by molar-refractivity contribution is 9.10. The molecule has 124 valence electrons. The monoisotopic (exact) mass is 416 g/mol. The fraction of sp³-hybridized carbons (Fsp3) is 0.125. The number of halogens is 5. The topological polar surface area (TPSA) is 34.4 Å². The van der Waals surface area contributed by atoms with Crippen molar-refractivity contribution in [2.75, 3.05) is 0 Å². The molecule has 0 aliphatic carbocycles. The first-order valence-electron chi connectivity index (χ1n) is 6.75. The smallest absolute Gasteiger partial charge is 0.269 e. The van der Waals surface area contributed by atoms with E-state index in [1.807, 2.05) is 0 Å². The normalized spacial score (nSPS) is 11.5. The van der Waals surface area contributed by atoms with Crippen LogP contribution in [-0.2, 0) is 0 Å². The zero-order valence-corrected chi connectivity index (χ0v) is 14.5. The van der Waals surface area contributed by atoms with Crippen LogP contribution in [0, 0.1) is 12.7 Å². The van der Waals surface area contributed by atoms with Crippen LogP contribution in [0.15, 0.2) is 39.7 Å². The van der Waals surface area contributed by atoms with Crippen LogP contribution in [0.4, 0.5) is 13.2 Å². The average Bonchev–Trinajstić information content (AvgIpc) is 2.50. The number of alkyl halides is 2. The summed E-state index contributed by atoms with van der Waals surface area (Å²) in [5.41, 5.74) is -1.13. The van der Waals surface area contributed by atoms with Gasteiger partial charge < -0.3 is 0 Å². The molecule has 24 heavy (non-hydrogen) atoms. The zero-order valence-electron chi connectivity index (χ0n) is 12.2. The Labute approximate surface area is 147 Å². The Kier molecular flexibility index (Phi) is 4.40. The van der Waals surface area contributed by atoms with Crippen LogP contribution >= 0.6 is 27.5 Å². The number of hydrogen-bond donors (Lipinski definition) is 0. The molecular weight excluding hydrogens is 409 g/mol. The summed E-state index contributed by atoms with van der Waals surface area (Å²) in [6, 6.07) is 5.50. The second-order valence-corrected chi connectivity index (χ2v) is 6.47. The highest BCUT2D eigenvalue weighted by Gasteiger charge is 2.20. The molecule has 0 bridgehead atoms. The molecule has 0 fully saturated rings. The van der Waals surface area contributed by atoms with Crippen LogP contribution in [0.2, 0.25) is 5.02 Å². The molecule has 0 N–H and O–H groups in total. The number of aromatic nitrogens is 2. The molecule has 0 amide bonds. The largest absolute Gasteiger partial charge is 0.280 e. The van der Waals surface area contributed by atoms with E-state index < -0.39 is 23.5 Å². The minimum Gasteiger partial charge on any atom is -0.269 e. The van der Waals surface area contributed by atoms with Crippen molar-refractivity contribution in [3.05, 3.63) is 67.4 Å². The van der Waals surface area contributed by atoms with Crippen molar-refractivity contribution in [2.45, 2.75) is 13.3 Å². The van der Waals surface area contributed by atoms with Gasteiger partial charge in [-0.25, -0.2) is 18.2 Å². The van der Waals surface area contributed by atoms with E-state index in [-0.39, 0.29) is 27.4 Å². The molecular formula is C16H9BrClF3N2O. The number of rotatable bonds is 2. The molecule has 0 aliphatic rings. The van der Waals surface area contributed by atoms with Crippen LogP contribution in [0.25, 0.3) is 16.8 Å². The lowest BCUT2D eigenvalue weighted by molar-refractivity contribution is 0.145. The Balaban J connectivity index is 2.46. The molecule has 2 heterocycles. The first-order chi connectivity index (χ1) is 11.3. The first kappa shape index (κ1) is 17.0. The average molecular weight is 418 g/mol. The maximum Gasteiger partial charge on any atom is 0.280 e. The van der Waals surface area contributed by atoms with Crippen molar-refractivity contribution in [1.29, 1.82) is 0 Å². The van der Waals surface area contributed by atoms with E-state index in [9.17, 15) is 18.0 Å². The van der Waals surface area contributed by atoms with Gasteiger partial charge in [0, 0.05) is 32.4 Å². The van der Waals surface area contributed by atoms with Gasteiger partial charge >= 0.3 is 0 Å². The molecule has 8 heteroatoms. The second-order valence-electron chi connectivity index (χ2n) is 5.12. The van der Waals surface area contributed by atoms with Crippen LogP contribution in [0.3, 0.4) is 0 Å². The third-order valence-corrected chi connectivity index (χ3v) is 4.25. The molecule has 3 aromatic rings. The maximum absolute atomic E-state index is 14.3. The molecule has 0 unspecified atom stereocenters. The quantitative estimate of drug-likeness (QED) is 0.577. The number of fused-ring (bicyclic) bond motifs is 1. The lowest BCUT2D eigenvalue weighted by Gasteiger charge is -2.12. The highest BCUT2D eigenvalue weighted by Crippen LogP contribution is 2.31. The molecule has 0 radical (unpaired) electrons. The van der Waals surface area contributed by atoms with Gasteiger partial charge in [-0.2, -0.15) is 0 Å². The standard InChI is InChI=1S/C16H9BrClF3N2O/c1-7-13(14(20)21)22-15-11(4-8(17)6-23(15)16(7)24)10-3-2-9(18)5-12(10)19/h2-6,14H,1H3. The minimum absolute atomic E-state index is 0.0506. The Hall–Kier alpha value is -1.86. The van der Waals surface area contributed by atoms with Gasteiger partial charge in [-0.1, -0.05) is 11.6 Å². The predicted molar refractivity (Wildman–Crippen MR) is 89.3 cm³/mol. The van der Waals surface area contributed by atoms with E-state index in [2.05, 4.69) is 20.9 Å². The number of hydrogen-bond acceptors (Lipinski definition) is 2. The van der Waals surface area contributed by atoms with Crippen molar-refractivity contribution < 1.29 is 13.2 Å². The van der Waals surface area contributed by atoms with Gasteiger partial charge in [0.25, 0.3) is 12.0 Å². The van der Waals surface area contributed by atoms with Crippen LogP contribution in [0.5, 0.6) is 0 Å². The first-order valence-corrected chi connectivity index (χ1v) is 7.92. The summed E-state index contributed by atoms with van der Waals surface area (Å²) in [4.78, 5) is 16.3. The van der Waals surface area contributed by atoms with E-state index in [1.165, 1.54) is 31.3 Å². The van der Waals surface area contributed by atoms with Gasteiger partial charge in [0.1, 0.15) is 17.2 Å². The molecule has 0 aliphatic heterocycles. The Morgan fingerprint density at radius 2 is 1.96 bits per heavy atom. The lowest BCUT2D eigenvalue weighted by atomic mass is 10.1. The van der Waals surface area contributed by atoms with Crippen molar-refractivity contribution in [2.24, 2.45) is 0 Å². The molecule has 0 spiro atoms. The SMILES string of the molecule is Cc1c(C(F)F)nc2c(-c3ccc(Cl)cc3F)cc(Br)cn2c1=O. The zero-order chi connectivity index (χ0) is 17.6. The van der Waals surface area contributed by atoms with Crippen LogP contribution in [0.1, 0.15) is 17.7 Å². The molecule has 2 aromatic heterocycles. The maximum atomic E-state index is 14.3. The van der Waals surface area contributed by atoms with Crippen LogP contribution in [-0.4, -0.2) is 9.38 Å². The number of pyridine rings is 1. The lowest BCUT2D eigenvalue weighted by Crippen LogP contribution is -2.21. The van der Waals surface area contributed by atoms with Gasteiger partial charge in [-0.05, 0) is 47.1 Å². The number of nitrogens with zero attached hydrogens (tertiary/aromatic N) is 2. The van der Waals surface area contributed by atoms with Gasteiger partial charge in [0.2, 0.25) is 0 Å². The third kappa shape index (κ3) is 2.82. The summed E-state index contributed by atoms with van der Waals surface area (Å²) < 4.78 is 42.2. The van der Waals surface area contributed by atoms with E-state index in [0.29, 0.717) is 4.47 Å². The summed E-state index contributed by atoms with van der Waals surface area (Å²) in [5.74, 6) is -0.643. The van der Waals surface area contributed by atoms with Crippen molar-refractivity contribution in [3.8, 4) is 11.1 Å². The Morgan fingerprint density at radius 1 is 1.25 bits per heavy atom. The molecule has 0 saturated carbocycles. The van der Waals surface area contributed by atoms with E-state index in [4.69, 9.17) is 11.6 Å². The summed E-state index contributed by atoms with van der Waals surface area (Å²) in [7, 11) is 0. The van der Waals surface area contributed by atoms with Crippen molar-refractivity contribution in [1.82, 2.24) is 9.38 Å². The molecule has 0 saturated heterocycles. The fourth-order valence-corrected chi connectivity index (χ4v) is 3.02. The number of benzene rings is 1. The van der Waals surface area contributed by atoms with Gasteiger partial charge in [0.05, 0.1) is 0 Å². The van der Waals surface area contributed by atoms with Crippen molar-refractivity contribution >= 4 is 33.2 Å². The van der Waals surface area contributed by atoms with E-state index in [0.717, 1.165) is 10.5 Å². The Bertz CT molecular complexity index is 1020. The summed E-state index contributed by atoms with van der Waals surface area (Å²) >= 11 is 8.99. The van der Waals surface area contributed by atoms with E-state index in [1.54, 1.807) is 0 Å². The van der Waals surface area contributed by atoms with E-state index >= 15 is 0 Å².